The molecule has 2 aromatic carbocycles. The van der Waals surface area contributed by atoms with Crippen molar-refractivity contribution in [3.63, 3.8) is 0 Å². The monoisotopic (exact) mass is 761 g/mol. The molecular weight excluding hydrogens is 706 g/mol. The number of ether oxygens (including phenoxy) is 2. The first-order valence-electron chi connectivity index (χ1n) is 19.4. The zero-order valence-corrected chi connectivity index (χ0v) is 33.3. The highest BCUT2D eigenvalue weighted by Gasteiger charge is 2.62. The van der Waals surface area contributed by atoms with Gasteiger partial charge < -0.3 is 29.7 Å². The van der Waals surface area contributed by atoms with Crippen LogP contribution in [0.3, 0.4) is 0 Å². The molecule has 0 aliphatic heterocycles. The number of nitrogens with one attached hydrogen (secondary N) is 1. The van der Waals surface area contributed by atoms with Gasteiger partial charge in [0.2, 0.25) is 0 Å². The van der Waals surface area contributed by atoms with E-state index in [-0.39, 0.29) is 41.8 Å². The van der Waals surface area contributed by atoms with Gasteiger partial charge in [-0.15, -0.1) is 12.4 Å². The zero-order valence-electron chi connectivity index (χ0n) is 32.5. The summed E-state index contributed by atoms with van der Waals surface area (Å²) in [6, 6.07) is 13.0. The maximum atomic E-state index is 14.4. The van der Waals surface area contributed by atoms with Crippen molar-refractivity contribution in [3.05, 3.63) is 59.3 Å². The molecule has 8 rings (SSSR count). The minimum atomic E-state index is -1.32. The van der Waals surface area contributed by atoms with Crippen LogP contribution >= 0.6 is 12.4 Å². The number of aromatic nitrogens is 2. The molecule has 292 valence electrons. The molecule has 5 aliphatic carbocycles. The minimum Gasteiger partial charge on any atom is -0.496 e. The maximum Gasteiger partial charge on any atom is 0.330 e. The molecule has 4 bridgehead atoms. The maximum absolute atomic E-state index is 14.4. The van der Waals surface area contributed by atoms with Crippen LogP contribution in [0.5, 0.6) is 11.5 Å². The first-order chi connectivity index (χ1) is 25.4. The van der Waals surface area contributed by atoms with Crippen LogP contribution in [0.1, 0.15) is 97.5 Å². The van der Waals surface area contributed by atoms with Crippen LogP contribution in [-0.4, -0.2) is 96.0 Å². The van der Waals surface area contributed by atoms with Crippen molar-refractivity contribution >= 4 is 30.2 Å². The standard InChI is InChI=1S/C42H55N5O6.ClH/c1-25(2)32-22-29(40(49)46(5)16-8-15-45(3)4)13-14-34(32)47-35(38-36(52-6)9-7-10-37(38)53-24-26-11-12-26)23-33(44-47)39(48)43-42(41(50)51)30-18-27-17-28(20-30)21-31(42)19-27;/h7,9-10,13-14,22-23,25-28,30-31H,8,11-12,15-21,24H2,1-6H3,(H,43,48)(H,50,51);1H. The Morgan fingerprint density at radius 3 is 2.22 bits per heavy atom. The fourth-order valence-corrected chi connectivity index (χ4v) is 9.47. The predicted octanol–water partition coefficient (Wildman–Crippen LogP) is 6.91. The molecule has 12 heteroatoms. The van der Waals surface area contributed by atoms with E-state index >= 15 is 0 Å². The molecule has 0 saturated heterocycles. The molecule has 2 amide bonds. The number of carbonyl (C=O) groups excluding carboxylic acids is 2. The number of hydrogen-bond donors (Lipinski definition) is 2. The number of rotatable bonds is 15. The highest BCUT2D eigenvalue weighted by Crippen LogP contribution is 2.58. The van der Waals surface area contributed by atoms with Gasteiger partial charge in [-0.3, -0.25) is 9.59 Å². The first-order valence-corrected chi connectivity index (χ1v) is 19.4. The van der Waals surface area contributed by atoms with Crippen molar-refractivity contribution < 1.29 is 29.0 Å². The SMILES string of the molecule is COc1cccc(OCC2CC2)c1-c1cc(C(=O)NC2(C(=O)O)C3CC4CC(C3)CC2C4)nn1-c1ccc(C(=O)N(C)CCCN(C)C)cc1C(C)C.Cl. The third-order valence-corrected chi connectivity index (χ3v) is 12.2. The Bertz CT molecular complexity index is 1840. The van der Waals surface area contributed by atoms with E-state index in [9.17, 15) is 19.5 Å². The molecule has 0 spiro atoms. The molecule has 5 saturated carbocycles. The van der Waals surface area contributed by atoms with Crippen LogP contribution < -0.4 is 14.8 Å². The van der Waals surface area contributed by atoms with E-state index in [1.54, 1.807) is 22.8 Å². The molecular formula is C42H56ClN5O6. The summed E-state index contributed by atoms with van der Waals surface area (Å²) in [5.74, 6) is 1.04. The number of methoxy groups -OCH3 is 1. The second kappa shape index (κ2) is 15.9. The highest BCUT2D eigenvalue weighted by molar-refractivity contribution is 5.98. The number of hydrogen-bond acceptors (Lipinski definition) is 7. The fourth-order valence-electron chi connectivity index (χ4n) is 9.47. The van der Waals surface area contributed by atoms with Crippen LogP contribution in [0.2, 0.25) is 0 Å². The quantitative estimate of drug-likeness (QED) is 0.171. The molecule has 54 heavy (non-hydrogen) atoms. The smallest absolute Gasteiger partial charge is 0.330 e. The van der Waals surface area contributed by atoms with Gasteiger partial charge in [-0.05, 0) is 149 Å². The number of nitrogens with zero attached hydrogens (tertiary/aromatic N) is 4. The third kappa shape index (κ3) is 7.58. The summed E-state index contributed by atoms with van der Waals surface area (Å²) in [5.41, 5.74) is 2.20. The van der Waals surface area contributed by atoms with E-state index in [1.807, 2.05) is 57.5 Å². The van der Waals surface area contributed by atoms with Crippen molar-refractivity contribution in [2.45, 2.75) is 76.7 Å². The van der Waals surface area contributed by atoms with Gasteiger partial charge in [0.05, 0.1) is 30.7 Å². The van der Waals surface area contributed by atoms with Crippen LogP contribution in [0.25, 0.3) is 16.9 Å². The number of carboxylic acid groups (broad SMARTS) is 1. The van der Waals surface area contributed by atoms with Crippen LogP contribution in [0, 0.1) is 29.6 Å². The van der Waals surface area contributed by atoms with E-state index in [0.29, 0.717) is 64.9 Å². The lowest BCUT2D eigenvalue weighted by Gasteiger charge is -2.59. The molecule has 0 atom stereocenters. The van der Waals surface area contributed by atoms with Crippen molar-refractivity contribution in [2.24, 2.45) is 29.6 Å². The van der Waals surface area contributed by atoms with Crippen LogP contribution in [0.15, 0.2) is 42.5 Å². The molecule has 0 unspecified atom stereocenters. The number of aliphatic carboxylic acids is 1. The normalized spacial score (nSPS) is 24.0. The van der Waals surface area contributed by atoms with Crippen molar-refractivity contribution in [1.29, 1.82) is 0 Å². The lowest BCUT2D eigenvalue weighted by atomic mass is 9.48. The predicted molar refractivity (Wildman–Crippen MR) is 210 cm³/mol. The number of benzene rings is 2. The van der Waals surface area contributed by atoms with Gasteiger partial charge in [-0.2, -0.15) is 5.10 Å². The summed E-state index contributed by atoms with van der Waals surface area (Å²) in [7, 11) is 7.48. The van der Waals surface area contributed by atoms with Gasteiger partial charge in [0.1, 0.15) is 17.0 Å². The van der Waals surface area contributed by atoms with Gasteiger partial charge in [-0.25, -0.2) is 9.48 Å². The topological polar surface area (TPSA) is 126 Å². The van der Waals surface area contributed by atoms with Gasteiger partial charge >= 0.3 is 5.97 Å². The Morgan fingerprint density at radius 1 is 0.963 bits per heavy atom. The number of carbonyl (C=O) groups is 3. The van der Waals surface area contributed by atoms with Gasteiger partial charge in [0.15, 0.2) is 5.69 Å². The van der Waals surface area contributed by atoms with Gasteiger partial charge in [-0.1, -0.05) is 19.9 Å². The van der Waals surface area contributed by atoms with Crippen LogP contribution in [0.4, 0.5) is 0 Å². The van der Waals surface area contributed by atoms with Crippen molar-refractivity contribution in [1.82, 2.24) is 24.9 Å². The summed E-state index contributed by atoms with van der Waals surface area (Å²) < 4.78 is 14.0. The van der Waals surface area contributed by atoms with E-state index in [4.69, 9.17) is 14.6 Å². The van der Waals surface area contributed by atoms with Crippen molar-refractivity contribution in [3.8, 4) is 28.4 Å². The molecule has 1 heterocycles. The van der Waals surface area contributed by atoms with Crippen LogP contribution in [-0.2, 0) is 4.79 Å². The molecule has 5 fully saturated rings. The Balaban J connectivity index is 0.00000497. The molecule has 3 aromatic rings. The minimum absolute atomic E-state index is 0. The second-order valence-corrected chi connectivity index (χ2v) is 16.7. The molecule has 11 nitrogen and oxygen atoms in total. The number of halogens is 1. The fraction of sp³-hybridized carbons (Fsp3) is 0.571. The summed E-state index contributed by atoms with van der Waals surface area (Å²) in [6.45, 7) is 6.23. The average Bonchev–Trinajstić information content (AvgIpc) is 3.86. The zero-order chi connectivity index (χ0) is 37.6. The average molecular weight is 762 g/mol. The Hall–Kier alpha value is -4.09. The Kier molecular flexibility index (Phi) is 11.7. The molecule has 1 aromatic heterocycles. The van der Waals surface area contributed by atoms with E-state index in [2.05, 4.69) is 24.1 Å². The third-order valence-electron chi connectivity index (χ3n) is 12.2. The number of carboxylic acids is 1. The van der Waals surface area contributed by atoms with Crippen molar-refractivity contribution in [2.75, 3.05) is 47.9 Å². The largest absolute Gasteiger partial charge is 0.496 e. The lowest BCUT2D eigenvalue weighted by molar-refractivity contribution is -0.163. The lowest BCUT2D eigenvalue weighted by Crippen LogP contribution is -2.70. The molecule has 2 N–H and O–H groups in total. The molecule has 5 aliphatic rings. The second-order valence-electron chi connectivity index (χ2n) is 16.7. The molecule has 0 radical (unpaired) electrons. The van der Waals surface area contributed by atoms with E-state index in [1.165, 1.54) is 6.42 Å². The van der Waals surface area contributed by atoms with E-state index < -0.39 is 17.4 Å². The number of amides is 2. The summed E-state index contributed by atoms with van der Waals surface area (Å²) in [6.07, 6.45) is 7.61. The Labute approximate surface area is 325 Å². The first kappa shape index (κ1) is 39.6. The summed E-state index contributed by atoms with van der Waals surface area (Å²) in [5, 5.41) is 18.9. The summed E-state index contributed by atoms with van der Waals surface area (Å²) >= 11 is 0. The summed E-state index contributed by atoms with van der Waals surface area (Å²) in [4.78, 5) is 45.1. The van der Waals surface area contributed by atoms with E-state index in [0.717, 1.165) is 57.1 Å². The van der Waals surface area contributed by atoms with Gasteiger partial charge in [0.25, 0.3) is 11.8 Å². The highest BCUT2D eigenvalue weighted by atomic mass is 35.5. The Morgan fingerprint density at radius 2 is 1.63 bits per heavy atom. The van der Waals surface area contributed by atoms with Gasteiger partial charge in [0, 0.05) is 19.2 Å².